The first-order chi connectivity index (χ1) is 26.3. The predicted molar refractivity (Wildman–Crippen MR) is 221 cm³/mol. The van der Waals surface area contributed by atoms with Gasteiger partial charge in [0.1, 0.15) is 11.7 Å². The van der Waals surface area contributed by atoms with Crippen LogP contribution in [0.15, 0.2) is 204 Å². The van der Waals surface area contributed by atoms with E-state index >= 15 is 0 Å². The van der Waals surface area contributed by atoms with E-state index in [9.17, 15) is 0 Å². The maximum absolute atomic E-state index is 5.28. The minimum Gasteiger partial charge on any atom is -0.324 e. The third-order valence-electron chi connectivity index (χ3n) is 10.3. The second-order valence-corrected chi connectivity index (χ2v) is 13.4. The lowest BCUT2D eigenvalue weighted by Crippen LogP contribution is -2.36. The number of hydrogen-bond acceptors (Lipinski definition) is 3. The van der Waals surface area contributed by atoms with Crippen molar-refractivity contribution < 1.29 is 0 Å². The molecule has 0 amide bonds. The molecule has 0 radical (unpaired) electrons. The van der Waals surface area contributed by atoms with Gasteiger partial charge in [-0.15, -0.1) is 0 Å². The molecule has 53 heavy (non-hydrogen) atoms. The Kier molecular flexibility index (Phi) is 7.51. The van der Waals surface area contributed by atoms with Crippen molar-refractivity contribution in [2.45, 2.75) is 6.17 Å². The molecular weight excluding hydrogens is 645 g/mol. The molecule has 1 N–H and O–H groups in total. The fraction of sp³-hybridized carbons (Fsp3) is 0.0204. The Morgan fingerprint density at radius 3 is 1.85 bits per heavy atom. The van der Waals surface area contributed by atoms with Gasteiger partial charge in [-0.2, -0.15) is 0 Å². The number of amidine groups is 2. The van der Waals surface area contributed by atoms with E-state index in [4.69, 9.17) is 9.98 Å². The summed E-state index contributed by atoms with van der Waals surface area (Å²) in [5, 5.41) is 8.65. The van der Waals surface area contributed by atoms with Crippen molar-refractivity contribution in [3.05, 3.63) is 211 Å². The Bertz CT molecular complexity index is 2850. The van der Waals surface area contributed by atoms with E-state index in [0.717, 1.165) is 50.7 Å². The van der Waals surface area contributed by atoms with Crippen molar-refractivity contribution in [1.82, 2.24) is 9.88 Å². The van der Waals surface area contributed by atoms with Gasteiger partial charge in [0.2, 0.25) is 0 Å². The van der Waals surface area contributed by atoms with E-state index in [1.807, 2.05) is 24.3 Å². The van der Waals surface area contributed by atoms with Crippen molar-refractivity contribution in [3.63, 3.8) is 0 Å². The molecule has 0 spiro atoms. The van der Waals surface area contributed by atoms with Crippen molar-refractivity contribution in [1.29, 1.82) is 0 Å². The average molecular weight is 679 g/mol. The first kappa shape index (κ1) is 30.8. The summed E-state index contributed by atoms with van der Waals surface area (Å²) in [5.74, 6) is 1.60. The third-order valence-corrected chi connectivity index (χ3v) is 10.3. The van der Waals surface area contributed by atoms with Gasteiger partial charge in [-0.25, -0.2) is 9.98 Å². The highest BCUT2D eigenvalue weighted by Gasteiger charge is 2.23. The summed E-state index contributed by atoms with van der Waals surface area (Å²) in [7, 11) is 0. The normalized spacial score (nSPS) is 14.2. The monoisotopic (exact) mass is 678 g/mol. The number of hydrogen-bond donors (Lipinski definition) is 1. The van der Waals surface area contributed by atoms with Gasteiger partial charge in [0.25, 0.3) is 0 Å². The molecule has 0 saturated heterocycles. The van der Waals surface area contributed by atoms with E-state index < -0.39 is 6.17 Å². The zero-order valence-corrected chi connectivity index (χ0v) is 28.9. The molecule has 10 rings (SSSR count). The summed E-state index contributed by atoms with van der Waals surface area (Å²) < 4.78 is 2.39. The summed E-state index contributed by atoms with van der Waals surface area (Å²) >= 11 is 0. The maximum Gasteiger partial charge on any atom is 0.170 e. The molecule has 1 aromatic heterocycles. The minimum absolute atomic E-state index is 0.441. The largest absolute Gasteiger partial charge is 0.324 e. The molecule has 0 fully saturated rings. The smallest absolute Gasteiger partial charge is 0.170 e. The minimum atomic E-state index is -0.441. The number of rotatable bonds is 6. The molecule has 0 saturated carbocycles. The zero-order chi connectivity index (χ0) is 35.1. The van der Waals surface area contributed by atoms with Gasteiger partial charge in [-0.1, -0.05) is 164 Å². The molecule has 0 bridgehead atoms. The number of fused-ring (bicyclic) bond motifs is 5. The first-order valence-electron chi connectivity index (χ1n) is 18.0. The Morgan fingerprint density at radius 2 is 1.04 bits per heavy atom. The standard InChI is InChI=1S/C49H34N4/c1-3-14-33(15-4-1)37-19-13-20-38(32-37)48-50-47(36-17-5-2-6-18-36)51-49(52-48)42-23-10-9-21-40(42)35-26-29-39(30-27-35)53-44-25-12-11-24-43(44)46-41-22-8-7-16-34(41)28-31-45(46)53/h1-32,49H,(H,50,51,52). The molecule has 4 nitrogen and oxygen atoms in total. The molecule has 1 aliphatic rings. The topological polar surface area (TPSA) is 41.7 Å². The molecule has 2 heterocycles. The number of aromatic nitrogens is 1. The molecule has 1 aliphatic heterocycles. The summed E-state index contributed by atoms with van der Waals surface area (Å²) in [6, 6.07) is 68.6. The molecular formula is C49H34N4. The van der Waals surface area contributed by atoms with E-state index in [-0.39, 0.29) is 0 Å². The third kappa shape index (κ3) is 5.49. The number of aliphatic imine (C=N–C) groups is 2. The quantitative estimate of drug-likeness (QED) is 0.187. The van der Waals surface area contributed by atoms with E-state index in [0.29, 0.717) is 0 Å². The molecule has 1 atom stereocenters. The van der Waals surface area contributed by atoms with Crippen molar-refractivity contribution in [3.8, 4) is 27.9 Å². The van der Waals surface area contributed by atoms with Gasteiger partial charge >= 0.3 is 0 Å². The van der Waals surface area contributed by atoms with Gasteiger partial charge in [-0.3, -0.25) is 0 Å². The number of nitrogens with one attached hydrogen (secondary N) is 1. The van der Waals surface area contributed by atoms with Gasteiger partial charge in [0.15, 0.2) is 6.17 Å². The van der Waals surface area contributed by atoms with Crippen LogP contribution in [0.2, 0.25) is 0 Å². The Hall–Kier alpha value is -7.04. The molecule has 0 aliphatic carbocycles. The second-order valence-electron chi connectivity index (χ2n) is 13.4. The van der Waals surface area contributed by atoms with Crippen molar-refractivity contribution >= 4 is 44.2 Å². The van der Waals surface area contributed by atoms with Gasteiger partial charge in [0.05, 0.1) is 11.0 Å². The van der Waals surface area contributed by atoms with Crippen LogP contribution >= 0.6 is 0 Å². The molecule has 9 aromatic rings. The lowest BCUT2D eigenvalue weighted by molar-refractivity contribution is 0.757. The SMILES string of the molecule is c1ccc(C2=NC(c3ccccc3-c3ccc(-n4c5ccccc5c5c6ccccc6ccc54)cc3)N=C(c3cccc(-c4ccccc4)c3)N2)cc1. The predicted octanol–water partition coefficient (Wildman–Crippen LogP) is 11.8. The van der Waals surface area contributed by atoms with Gasteiger partial charge in [-0.05, 0) is 63.4 Å². The Balaban J connectivity index is 1.07. The number of para-hydroxylation sites is 1. The van der Waals surface area contributed by atoms with Crippen LogP contribution in [-0.4, -0.2) is 16.2 Å². The first-order valence-corrected chi connectivity index (χ1v) is 18.0. The lowest BCUT2D eigenvalue weighted by Gasteiger charge is -2.24. The van der Waals surface area contributed by atoms with Crippen LogP contribution < -0.4 is 5.32 Å². The lowest BCUT2D eigenvalue weighted by atomic mass is 9.97. The van der Waals surface area contributed by atoms with Crippen molar-refractivity contribution in [2.24, 2.45) is 9.98 Å². The fourth-order valence-electron chi connectivity index (χ4n) is 7.75. The summed E-state index contributed by atoms with van der Waals surface area (Å²) in [5.41, 5.74) is 11.1. The highest BCUT2D eigenvalue weighted by atomic mass is 15.2. The maximum atomic E-state index is 5.28. The van der Waals surface area contributed by atoms with Crippen LogP contribution in [0, 0.1) is 0 Å². The highest BCUT2D eigenvalue weighted by Crippen LogP contribution is 2.38. The van der Waals surface area contributed by atoms with Crippen LogP contribution in [0.25, 0.3) is 60.5 Å². The zero-order valence-electron chi connectivity index (χ0n) is 28.9. The van der Waals surface area contributed by atoms with Crippen molar-refractivity contribution in [2.75, 3.05) is 0 Å². The fourth-order valence-corrected chi connectivity index (χ4v) is 7.75. The Morgan fingerprint density at radius 1 is 0.415 bits per heavy atom. The number of nitrogens with zero attached hydrogens (tertiary/aromatic N) is 3. The summed E-state index contributed by atoms with van der Waals surface area (Å²) in [6.45, 7) is 0. The molecule has 4 heteroatoms. The van der Waals surface area contributed by atoms with Gasteiger partial charge < -0.3 is 9.88 Å². The van der Waals surface area contributed by atoms with E-state index in [2.05, 4.69) is 180 Å². The van der Waals surface area contributed by atoms with Crippen LogP contribution in [0.3, 0.4) is 0 Å². The van der Waals surface area contributed by atoms with Crippen LogP contribution in [0.5, 0.6) is 0 Å². The molecule has 1 unspecified atom stereocenters. The second kappa shape index (κ2) is 12.9. The summed E-state index contributed by atoms with van der Waals surface area (Å²) in [6.07, 6.45) is -0.441. The molecule has 250 valence electrons. The van der Waals surface area contributed by atoms with Crippen LogP contribution in [0.1, 0.15) is 22.9 Å². The van der Waals surface area contributed by atoms with E-state index in [1.54, 1.807) is 0 Å². The molecule has 8 aromatic carbocycles. The highest BCUT2D eigenvalue weighted by molar-refractivity contribution is 6.21. The van der Waals surface area contributed by atoms with Crippen LogP contribution in [-0.2, 0) is 0 Å². The van der Waals surface area contributed by atoms with E-state index in [1.165, 1.54) is 38.1 Å². The van der Waals surface area contributed by atoms with Gasteiger partial charge in [0, 0.05) is 33.2 Å². The average Bonchev–Trinajstić information content (AvgIpc) is 3.59. The van der Waals surface area contributed by atoms with Crippen LogP contribution in [0.4, 0.5) is 0 Å². The number of benzene rings is 8. The Labute approximate surface area is 308 Å². The summed E-state index contributed by atoms with van der Waals surface area (Å²) in [4.78, 5) is 10.5.